The van der Waals surface area contributed by atoms with Crippen molar-refractivity contribution in [3.05, 3.63) is 57.6 Å². The molecule has 5 nitrogen and oxygen atoms in total. The van der Waals surface area contributed by atoms with Gasteiger partial charge in [-0.05, 0) is 65.3 Å². The molecule has 0 aliphatic heterocycles. The molecule has 1 fully saturated rings. The van der Waals surface area contributed by atoms with Crippen molar-refractivity contribution in [1.82, 2.24) is 20.5 Å². The number of aromatic nitrogens is 3. The lowest BCUT2D eigenvalue weighted by molar-refractivity contribution is 0.0950. The van der Waals surface area contributed by atoms with E-state index >= 15 is 0 Å². The zero-order valence-electron chi connectivity index (χ0n) is 12.3. The second-order valence-corrected chi connectivity index (χ2v) is 7.00. The van der Waals surface area contributed by atoms with Crippen molar-refractivity contribution in [2.75, 3.05) is 6.54 Å². The number of amides is 1. The van der Waals surface area contributed by atoms with E-state index in [0.717, 1.165) is 27.4 Å². The Morgan fingerprint density at radius 1 is 1.35 bits per heavy atom. The number of fused-ring (bicyclic) bond motifs is 1. The smallest absolute Gasteiger partial charge is 0.251 e. The summed E-state index contributed by atoms with van der Waals surface area (Å²) in [4.78, 5) is 16.7. The summed E-state index contributed by atoms with van der Waals surface area (Å²) in [7, 11) is 0. The van der Waals surface area contributed by atoms with Crippen LogP contribution in [0.15, 0.2) is 42.7 Å². The van der Waals surface area contributed by atoms with Gasteiger partial charge in [0.25, 0.3) is 5.91 Å². The van der Waals surface area contributed by atoms with E-state index in [4.69, 9.17) is 0 Å². The first-order chi connectivity index (χ1) is 11.2. The van der Waals surface area contributed by atoms with Gasteiger partial charge in [-0.1, -0.05) is 6.07 Å². The molecule has 0 bridgehead atoms. The lowest BCUT2D eigenvalue weighted by atomic mass is 9.97. The van der Waals surface area contributed by atoms with Crippen LogP contribution in [-0.2, 0) is 5.41 Å². The highest BCUT2D eigenvalue weighted by molar-refractivity contribution is 14.1. The average Bonchev–Trinajstić information content (AvgIpc) is 3.31. The Kier molecular flexibility index (Phi) is 3.56. The van der Waals surface area contributed by atoms with Crippen LogP contribution in [0.4, 0.5) is 0 Å². The van der Waals surface area contributed by atoms with Crippen molar-refractivity contribution in [2.45, 2.75) is 18.3 Å². The molecule has 0 radical (unpaired) electrons. The fourth-order valence-corrected chi connectivity index (χ4v) is 3.44. The molecule has 6 heteroatoms. The fourth-order valence-electron chi connectivity index (χ4n) is 2.87. The minimum atomic E-state index is -0.0425. The number of aromatic amines is 1. The van der Waals surface area contributed by atoms with Gasteiger partial charge in [0.2, 0.25) is 0 Å². The molecule has 2 aromatic heterocycles. The number of nitrogens with zero attached hydrogens (tertiary/aromatic N) is 2. The van der Waals surface area contributed by atoms with Crippen LogP contribution in [-0.4, -0.2) is 27.6 Å². The monoisotopic (exact) mass is 418 g/mol. The molecular weight excluding hydrogens is 403 g/mol. The van der Waals surface area contributed by atoms with Crippen LogP contribution in [0.1, 0.15) is 28.8 Å². The van der Waals surface area contributed by atoms with Crippen LogP contribution >= 0.6 is 22.6 Å². The van der Waals surface area contributed by atoms with Crippen LogP contribution in [0, 0.1) is 3.70 Å². The predicted molar refractivity (Wildman–Crippen MR) is 96.3 cm³/mol. The zero-order chi connectivity index (χ0) is 15.9. The Morgan fingerprint density at radius 2 is 2.22 bits per heavy atom. The molecule has 1 aliphatic rings. The molecule has 4 rings (SSSR count). The summed E-state index contributed by atoms with van der Waals surface area (Å²) in [5.41, 5.74) is 2.89. The Morgan fingerprint density at radius 3 is 2.96 bits per heavy atom. The molecule has 0 saturated heterocycles. The van der Waals surface area contributed by atoms with Crippen LogP contribution in [0.3, 0.4) is 0 Å². The summed E-state index contributed by atoms with van der Waals surface area (Å²) >= 11 is 2.16. The SMILES string of the molecule is O=C(NCC1(c2cccnc2)CC1)c1ccc2[nH]nc(I)c2c1. The van der Waals surface area contributed by atoms with Gasteiger partial charge in [-0.25, -0.2) is 0 Å². The summed E-state index contributed by atoms with van der Waals surface area (Å²) in [6.45, 7) is 0.651. The molecule has 0 unspecified atom stereocenters. The number of hydrogen-bond donors (Lipinski definition) is 2. The topological polar surface area (TPSA) is 70.7 Å². The van der Waals surface area contributed by atoms with E-state index in [1.165, 1.54) is 5.56 Å². The molecule has 2 N–H and O–H groups in total. The first kappa shape index (κ1) is 14.6. The van der Waals surface area contributed by atoms with Gasteiger partial charge in [0.1, 0.15) is 3.70 Å². The quantitative estimate of drug-likeness (QED) is 0.640. The Balaban J connectivity index is 1.50. The third-order valence-electron chi connectivity index (χ3n) is 4.49. The van der Waals surface area contributed by atoms with Crippen molar-refractivity contribution in [3.8, 4) is 0 Å². The first-order valence-electron chi connectivity index (χ1n) is 7.50. The minimum absolute atomic E-state index is 0.0425. The first-order valence-corrected chi connectivity index (χ1v) is 8.58. The van der Waals surface area contributed by atoms with Crippen molar-refractivity contribution in [1.29, 1.82) is 0 Å². The van der Waals surface area contributed by atoms with E-state index in [-0.39, 0.29) is 11.3 Å². The number of pyridine rings is 1. The van der Waals surface area contributed by atoms with Gasteiger partial charge in [-0.2, -0.15) is 5.10 Å². The molecule has 2 heterocycles. The molecule has 23 heavy (non-hydrogen) atoms. The van der Waals surface area contributed by atoms with E-state index in [0.29, 0.717) is 12.1 Å². The third-order valence-corrected chi connectivity index (χ3v) is 5.32. The van der Waals surface area contributed by atoms with Crippen molar-refractivity contribution in [2.24, 2.45) is 0 Å². The zero-order valence-corrected chi connectivity index (χ0v) is 14.5. The van der Waals surface area contributed by atoms with Crippen LogP contribution < -0.4 is 5.32 Å². The van der Waals surface area contributed by atoms with Gasteiger partial charge < -0.3 is 5.32 Å². The van der Waals surface area contributed by atoms with Gasteiger partial charge in [-0.15, -0.1) is 0 Å². The van der Waals surface area contributed by atoms with Crippen molar-refractivity contribution >= 4 is 39.4 Å². The Hall–Kier alpha value is -1.96. The number of hydrogen-bond acceptors (Lipinski definition) is 3. The van der Waals surface area contributed by atoms with Crippen LogP contribution in [0.25, 0.3) is 10.9 Å². The maximum absolute atomic E-state index is 12.5. The number of H-pyrrole nitrogens is 1. The highest BCUT2D eigenvalue weighted by Gasteiger charge is 2.44. The second-order valence-electron chi connectivity index (χ2n) is 5.98. The number of benzene rings is 1. The molecule has 1 amide bonds. The molecule has 1 saturated carbocycles. The van der Waals surface area contributed by atoms with E-state index in [2.05, 4.69) is 49.2 Å². The highest BCUT2D eigenvalue weighted by atomic mass is 127. The number of carbonyl (C=O) groups is 1. The fraction of sp³-hybridized carbons (Fsp3) is 0.235. The molecule has 0 atom stereocenters. The maximum Gasteiger partial charge on any atom is 0.251 e. The van der Waals surface area contributed by atoms with Gasteiger partial charge in [0.05, 0.1) is 5.52 Å². The van der Waals surface area contributed by atoms with Crippen LogP contribution in [0.5, 0.6) is 0 Å². The lowest BCUT2D eigenvalue weighted by Crippen LogP contribution is -2.32. The molecule has 1 aromatic carbocycles. The number of nitrogens with one attached hydrogen (secondary N) is 2. The van der Waals surface area contributed by atoms with Crippen LogP contribution in [0.2, 0.25) is 0 Å². The highest BCUT2D eigenvalue weighted by Crippen LogP contribution is 2.47. The second kappa shape index (κ2) is 5.59. The lowest BCUT2D eigenvalue weighted by Gasteiger charge is -2.16. The van der Waals surface area contributed by atoms with E-state index in [1.807, 2.05) is 30.5 Å². The van der Waals surface area contributed by atoms with Gasteiger partial charge in [0.15, 0.2) is 0 Å². The maximum atomic E-state index is 12.5. The van der Waals surface area contributed by atoms with Gasteiger partial charge in [-0.3, -0.25) is 14.9 Å². The molecule has 1 aliphatic carbocycles. The van der Waals surface area contributed by atoms with Gasteiger partial charge >= 0.3 is 0 Å². The van der Waals surface area contributed by atoms with E-state index in [1.54, 1.807) is 6.20 Å². The summed E-state index contributed by atoms with van der Waals surface area (Å²) < 4.78 is 0.876. The van der Waals surface area contributed by atoms with E-state index in [9.17, 15) is 4.79 Å². The molecule has 3 aromatic rings. The normalized spacial score (nSPS) is 15.5. The summed E-state index contributed by atoms with van der Waals surface area (Å²) in [6, 6.07) is 9.65. The standard InChI is InChI=1S/C17H15IN4O/c18-15-13-8-11(3-4-14(13)21-22-15)16(23)20-10-17(5-6-17)12-2-1-7-19-9-12/h1-4,7-9H,5-6,10H2,(H,20,23)(H,21,22). The third kappa shape index (κ3) is 2.71. The summed E-state index contributed by atoms with van der Waals surface area (Å²) in [5.74, 6) is -0.0425. The van der Waals surface area contributed by atoms with E-state index < -0.39 is 0 Å². The van der Waals surface area contributed by atoms with Gasteiger partial charge in [0, 0.05) is 35.3 Å². The number of carbonyl (C=O) groups excluding carboxylic acids is 1. The molecular formula is C17H15IN4O. The number of halogens is 1. The number of rotatable bonds is 4. The largest absolute Gasteiger partial charge is 0.351 e. The summed E-state index contributed by atoms with van der Waals surface area (Å²) in [5, 5.41) is 11.2. The molecule has 0 spiro atoms. The Bertz CT molecular complexity index is 871. The van der Waals surface area contributed by atoms with Crippen molar-refractivity contribution < 1.29 is 4.79 Å². The Labute approximate surface area is 147 Å². The summed E-state index contributed by atoms with van der Waals surface area (Å²) in [6.07, 6.45) is 5.87. The minimum Gasteiger partial charge on any atom is -0.351 e. The average molecular weight is 418 g/mol. The van der Waals surface area contributed by atoms with Crippen molar-refractivity contribution in [3.63, 3.8) is 0 Å². The molecule has 116 valence electrons. The predicted octanol–water partition coefficient (Wildman–Crippen LogP) is 3.02.